The molecule has 0 aromatic heterocycles. The minimum atomic E-state index is 0.761. The molecule has 0 fully saturated rings. The number of hydrogen-bond donors (Lipinski definition) is 1. The largest absolute Gasteiger partial charge is 0.319 e. The van der Waals surface area contributed by atoms with Gasteiger partial charge in [-0.15, -0.1) is 0 Å². The summed E-state index contributed by atoms with van der Waals surface area (Å²) in [4.78, 5) is 0. The SMILES string of the molecule is CNCC(Cc1ccccc1)CC(C)C. The van der Waals surface area contributed by atoms with E-state index in [0.717, 1.165) is 18.4 Å². The van der Waals surface area contributed by atoms with E-state index in [1.807, 2.05) is 7.05 Å². The Balaban J connectivity index is 2.50. The van der Waals surface area contributed by atoms with Crippen molar-refractivity contribution < 1.29 is 0 Å². The molecule has 0 saturated carbocycles. The van der Waals surface area contributed by atoms with Crippen LogP contribution in [0.5, 0.6) is 0 Å². The van der Waals surface area contributed by atoms with Crippen LogP contribution in [-0.2, 0) is 6.42 Å². The zero-order valence-corrected chi connectivity index (χ0v) is 10.2. The van der Waals surface area contributed by atoms with Crippen molar-refractivity contribution in [3.8, 4) is 0 Å². The first-order chi connectivity index (χ1) is 7.22. The Morgan fingerprint density at radius 1 is 1.13 bits per heavy atom. The zero-order valence-electron chi connectivity index (χ0n) is 10.2. The van der Waals surface area contributed by atoms with Gasteiger partial charge in [-0.25, -0.2) is 0 Å². The quantitative estimate of drug-likeness (QED) is 0.752. The van der Waals surface area contributed by atoms with Crippen LogP contribution in [0.1, 0.15) is 25.8 Å². The van der Waals surface area contributed by atoms with Crippen molar-refractivity contribution in [2.75, 3.05) is 13.6 Å². The van der Waals surface area contributed by atoms with Crippen LogP contribution in [0, 0.1) is 11.8 Å². The molecule has 0 aliphatic heterocycles. The molecule has 1 rings (SSSR count). The Hall–Kier alpha value is -0.820. The molecule has 1 aromatic carbocycles. The molecule has 0 saturated heterocycles. The molecule has 0 aliphatic rings. The van der Waals surface area contributed by atoms with Gasteiger partial charge in [0, 0.05) is 0 Å². The predicted molar refractivity (Wildman–Crippen MR) is 67.0 cm³/mol. The maximum atomic E-state index is 3.29. The minimum absolute atomic E-state index is 0.761. The Morgan fingerprint density at radius 3 is 2.33 bits per heavy atom. The standard InChI is InChI=1S/C14H23N/c1-12(2)9-14(11-15-3)10-13-7-5-4-6-8-13/h4-8,12,14-15H,9-11H2,1-3H3. The molecule has 0 aliphatic carbocycles. The highest BCUT2D eigenvalue weighted by molar-refractivity contribution is 5.15. The van der Waals surface area contributed by atoms with Gasteiger partial charge in [0.25, 0.3) is 0 Å². The second-order valence-electron chi connectivity index (χ2n) is 4.74. The van der Waals surface area contributed by atoms with E-state index in [1.54, 1.807) is 0 Å². The topological polar surface area (TPSA) is 12.0 Å². The van der Waals surface area contributed by atoms with E-state index in [1.165, 1.54) is 18.4 Å². The van der Waals surface area contributed by atoms with E-state index < -0.39 is 0 Å². The third kappa shape index (κ3) is 4.98. The molecule has 0 heterocycles. The van der Waals surface area contributed by atoms with E-state index in [2.05, 4.69) is 49.5 Å². The third-order valence-electron chi connectivity index (χ3n) is 2.66. The summed E-state index contributed by atoms with van der Waals surface area (Å²) in [6, 6.07) is 10.8. The molecule has 0 amide bonds. The fourth-order valence-electron chi connectivity index (χ4n) is 2.14. The van der Waals surface area contributed by atoms with Gasteiger partial charge in [-0.3, -0.25) is 0 Å². The average molecular weight is 205 g/mol. The summed E-state index contributed by atoms with van der Waals surface area (Å²) in [7, 11) is 2.04. The van der Waals surface area contributed by atoms with Gasteiger partial charge in [0.2, 0.25) is 0 Å². The summed E-state index contributed by atoms with van der Waals surface area (Å²) in [6.07, 6.45) is 2.50. The maximum absolute atomic E-state index is 3.29. The second-order valence-corrected chi connectivity index (χ2v) is 4.74. The van der Waals surface area contributed by atoms with Crippen molar-refractivity contribution in [3.05, 3.63) is 35.9 Å². The zero-order chi connectivity index (χ0) is 11.1. The van der Waals surface area contributed by atoms with E-state index in [9.17, 15) is 0 Å². The van der Waals surface area contributed by atoms with Crippen LogP contribution in [0.3, 0.4) is 0 Å². The summed E-state index contributed by atoms with van der Waals surface area (Å²) >= 11 is 0. The molecule has 0 spiro atoms. The van der Waals surface area contributed by atoms with E-state index in [0.29, 0.717) is 0 Å². The highest BCUT2D eigenvalue weighted by atomic mass is 14.8. The molecule has 0 radical (unpaired) electrons. The molecule has 0 bridgehead atoms. The van der Waals surface area contributed by atoms with Gasteiger partial charge in [0.05, 0.1) is 0 Å². The molecule has 1 nitrogen and oxygen atoms in total. The molecule has 1 N–H and O–H groups in total. The van der Waals surface area contributed by atoms with E-state index in [-0.39, 0.29) is 0 Å². The van der Waals surface area contributed by atoms with E-state index in [4.69, 9.17) is 0 Å². The van der Waals surface area contributed by atoms with Crippen molar-refractivity contribution in [1.82, 2.24) is 5.32 Å². The van der Waals surface area contributed by atoms with Crippen LogP contribution >= 0.6 is 0 Å². The minimum Gasteiger partial charge on any atom is -0.319 e. The van der Waals surface area contributed by atoms with Crippen LogP contribution in [0.25, 0.3) is 0 Å². The molecule has 1 unspecified atom stereocenters. The normalized spacial score (nSPS) is 13.1. The molecule has 15 heavy (non-hydrogen) atoms. The Kier molecular flexibility index (Phi) is 5.41. The fourth-order valence-corrected chi connectivity index (χ4v) is 2.14. The van der Waals surface area contributed by atoms with Crippen molar-refractivity contribution in [2.24, 2.45) is 11.8 Å². The summed E-state index contributed by atoms with van der Waals surface area (Å²) in [6.45, 7) is 5.72. The maximum Gasteiger partial charge on any atom is -0.00202 e. The smallest absolute Gasteiger partial charge is 0.00202 e. The second kappa shape index (κ2) is 6.62. The monoisotopic (exact) mass is 205 g/mol. The number of rotatable bonds is 6. The van der Waals surface area contributed by atoms with Crippen molar-refractivity contribution in [1.29, 1.82) is 0 Å². The van der Waals surface area contributed by atoms with Gasteiger partial charge < -0.3 is 5.32 Å². The lowest BCUT2D eigenvalue weighted by atomic mass is 9.91. The lowest BCUT2D eigenvalue weighted by Gasteiger charge is -2.18. The van der Waals surface area contributed by atoms with Crippen molar-refractivity contribution >= 4 is 0 Å². The summed E-state index contributed by atoms with van der Waals surface area (Å²) in [5.41, 5.74) is 1.46. The highest BCUT2D eigenvalue weighted by Crippen LogP contribution is 2.16. The van der Waals surface area contributed by atoms with Crippen LogP contribution < -0.4 is 5.32 Å². The van der Waals surface area contributed by atoms with Crippen molar-refractivity contribution in [3.63, 3.8) is 0 Å². The Bertz CT molecular complexity index is 253. The molecular weight excluding hydrogens is 182 g/mol. The first-order valence-corrected chi connectivity index (χ1v) is 5.91. The lowest BCUT2D eigenvalue weighted by Crippen LogP contribution is -2.22. The molecular formula is C14H23N. The lowest BCUT2D eigenvalue weighted by molar-refractivity contribution is 0.395. The number of nitrogens with one attached hydrogen (secondary N) is 1. The molecule has 84 valence electrons. The van der Waals surface area contributed by atoms with Gasteiger partial charge >= 0.3 is 0 Å². The van der Waals surface area contributed by atoms with Gasteiger partial charge in [-0.05, 0) is 43.8 Å². The molecule has 1 atom stereocenters. The molecule has 1 heteroatoms. The van der Waals surface area contributed by atoms with Gasteiger partial charge in [0.1, 0.15) is 0 Å². The van der Waals surface area contributed by atoms with Crippen molar-refractivity contribution in [2.45, 2.75) is 26.7 Å². The van der Waals surface area contributed by atoms with E-state index >= 15 is 0 Å². The molecule has 1 aromatic rings. The van der Waals surface area contributed by atoms with Crippen LogP contribution in [0.2, 0.25) is 0 Å². The number of hydrogen-bond acceptors (Lipinski definition) is 1. The van der Waals surface area contributed by atoms with Gasteiger partial charge in [0.15, 0.2) is 0 Å². The third-order valence-corrected chi connectivity index (χ3v) is 2.66. The summed E-state index contributed by atoms with van der Waals surface area (Å²) in [5.74, 6) is 1.55. The fraction of sp³-hybridized carbons (Fsp3) is 0.571. The van der Waals surface area contributed by atoms with Crippen LogP contribution in [-0.4, -0.2) is 13.6 Å². The average Bonchev–Trinajstić information content (AvgIpc) is 2.18. The first-order valence-electron chi connectivity index (χ1n) is 5.91. The highest BCUT2D eigenvalue weighted by Gasteiger charge is 2.10. The summed E-state index contributed by atoms with van der Waals surface area (Å²) in [5, 5.41) is 3.29. The number of benzene rings is 1. The predicted octanol–water partition coefficient (Wildman–Crippen LogP) is 3.11. The van der Waals surface area contributed by atoms with Crippen LogP contribution in [0.4, 0.5) is 0 Å². The Labute approximate surface area is 93.9 Å². The Morgan fingerprint density at radius 2 is 1.80 bits per heavy atom. The van der Waals surface area contributed by atoms with Gasteiger partial charge in [-0.1, -0.05) is 44.2 Å². The summed E-state index contributed by atoms with van der Waals surface area (Å²) < 4.78 is 0. The van der Waals surface area contributed by atoms with Gasteiger partial charge in [-0.2, -0.15) is 0 Å². The first kappa shape index (κ1) is 12.3. The van der Waals surface area contributed by atoms with Crippen LogP contribution in [0.15, 0.2) is 30.3 Å².